The van der Waals surface area contributed by atoms with E-state index in [1.165, 1.54) is 6.07 Å². The van der Waals surface area contributed by atoms with Gasteiger partial charge >= 0.3 is 0 Å². The zero-order valence-corrected chi connectivity index (χ0v) is 11.6. The van der Waals surface area contributed by atoms with E-state index in [1.54, 1.807) is 30.9 Å². The number of nitrogens with zero attached hydrogens (tertiary/aromatic N) is 2. The molecule has 1 amide bonds. The summed E-state index contributed by atoms with van der Waals surface area (Å²) >= 11 is 0. The van der Waals surface area contributed by atoms with Gasteiger partial charge in [0.2, 0.25) is 0 Å². The minimum atomic E-state index is -0.755. The summed E-state index contributed by atoms with van der Waals surface area (Å²) in [5.74, 6) is -0.337. The molecule has 1 heterocycles. The number of carbonyl (C=O) groups is 1. The predicted molar refractivity (Wildman–Crippen MR) is 73.6 cm³/mol. The number of benzene rings is 1. The number of nitro groups is 1. The summed E-state index contributed by atoms with van der Waals surface area (Å²) < 4.78 is 0. The number of likely N-dealkylation sites (tertiary alicyclic amines) is 1. The van der Waals surface area contributed by atoms with Gasteiger partial charge in [0, 0.05) is 18.7 Å². The molecule has 0 radical (unpaired) electrons. The van der Waals surface area contributed by atoms with Crippen molar-refractivity contribution in [3.05, 3.63) is 39.4 Å². The summed E-state index contributed by atoms with van der Waals surface area (Å²) in [5, 5.41) is 21.0. The Balaban J connectivity index is 2.27. The Kier molecular flexibility index (Phi) is 3.76. The molecule has 0 spiro atoms. The molecule has 0 bridgehead atoms. The number of aryl methyl sites for hydroxylation is 1. The van der Waals surface area contributed by atoms with E-state index in [2.05, 4.69) is 0 Å². The summed E-state index contributed by atoms with van der Waals surface area (Å²) in [6, 6.07) is 4.76. The van der Waals surface area contributed by atoms with Gasteiger partial charge in [0.05, 0.1) is 10.5 Å². The molecular formula is C14H18N2O4. The molecule has 1 aromatic carbocycles. The number of amides is 1. The van der Waals surface area contributed by atoms with Crippen molar-refractivity contribution in [2.75, 3.05) is 13.1 Å². The molecular weight excluding hydrogens is 260 g/mol. The van der Waals surface area contributed by atoms with Gasteiger partial charge in [-0.05, 0) is 32.8 Å². The van der Waals surface area contributed by atoms with E-state index >= 15 is 0 Å². The lowest BCUT2D eigenvalue weighted by Crippen LogP contribution is -2.45. The largest absolute Gasteiger partial charge is 0.390 e. The van der Waals surface area contributed by atoms with Crippen molar-refractivity contribution in [2.45, 2.75) is 32.3 Å². The van der Waals surface area contributed by atoms with Gasteiger partial charge in [0.1, 0.15) is 5.56 Å². The molecule has 0 atom stereocenters. The van der Waals surface area contributed by atoms with Crippen LogP contribution in [0.25, 0.3) is 0 Å². The Morgan fingerprint density at radius 1 is 1.40 bits per heavy atom. The van der Waals surface area contributed by atoms with E-state index in [9.17, 15) is 20.0 Å². The molecule has 1 saturated heterocycles. The van der Waals surface area contributed by atoms with Crippen LogP contribution in [0.3, 0.4) is 0 Å². The van der Waals surface area contributed by atoms with Gasteiger partial charge in [-0.15, -0.1) is 0 Å². The highest BCUT2D eigenvalue weighted by Crippen LogP contribution is 2.27. The van der Waals surface area contributed by atoms with Crippen LogP contribution >= 0.6 is 0 Å². The molecule has 1 aromatic rings. The van der Waals surface area contributed by atoms with Crippen molar-refractivity contribution < 1.29 is 14.8 Å². The highest BCUT2D eigenvalue weighted by atomic mass is 16.6. The second-order valence-electron chi connectivity index (χ2n) is 5.52. The molecule has 0 aromatic heterocycles. The van der Waals surface area contributed by atoms with Crippen LogP contribution in [0.2, 0.25) is 0 Å². The first-order valence-corrected chi connectivity index (χ1v) is 6.57. The number of aliphatic hydroxyl groups is 1. The van der Waals surface area contributed by atoms with Gasteiger partial charge in [0.25, 0.3) is 11.6 Å². The lowest BCUT2D eigenvalue weighted by Gasteiger charge is -2.35. The quantitative estimate of drug-likeness (QED) is 0.661. The van der Waals surface area contributed by atoms with E-state index in [1.807, 2.05) is 0 Å². The minimum absolute atomic E-state index is 0.122. The maximum atomic E-state index is 12.4. The summed E-state index contributed by atoms with van der Waals surface area (Å²) in [6.45, 7) is 4.19. The van der Waals surface area contributed by atoms with Gasteiger partial charge in [0.15, 0.2) is 0 Å². The molecule has 0 saturated carbocycles. The highest BCUT2D eigenvalue weighted by molar-refractivity contribution is 5.98. The molecule has 0 aliphatic carbocycles. The molecule has 1 aliphatic heterocycles. The van der Waals surface area contributed by atoms with Crippen molar-refractivity contribution >= 4 is 11.6 Å². The molecule has 2 rings (SSSR count). The van der Waals surface area contributed by atoms with Crippen LogP contribution in [-0.2, 0) is 0 Å². The van der Waals surface area contributed by atoms with Gasteiger partial charge in [-0.3, -0.25) is 14.9 Å². The smallest absolute Gasteiger partial charge is 0.285 e. The molecule has 0 unspecified atom stereocenters. The lowest BCUT2D eigenvalue weighted by molar-refractivity contribution is -0.385. The van der Waals surface area contributed by atoms with Gasteiger partial charge in [-0.2, -0.15) is 0 Å². The average molecular weight is 278 g/mol. The number of piperidine rings is 1. The third kappa shape index (κ3) is 2.80. The maximum absolute atomic E-state index is 12.4. The first-order valence-electron chi connectivity index (χ1n) is 6.57. The normalized spacial score (nSPS) is 17.9. The van der Waals surface area contributed by atoms with Crippen LogP contribution < -0.4 is 0 Å². The third-order valence-corrected chi connectivity index (χ3v) is 3.78. The predicted octanol–water partition coefficient (Wildman–Crippen LogP) is 1.89. The number of rotatable bonds is 2. The fourth-order valence-electron chi connectivity index (χ4n) is 2.44. The monoisotopic (exact) mass is 278 g/mol. The van der Waals surface area contributed by atoms with Crippen molar-refractivity contribution in [3.8, 4) is 0 Å². The van der Waals surface area contributed by atoms with Crippen LogP contribution in [0.4, 0.5) is 5.69 Å². The van der Waals surface area contributed by atoms with Gasteiger partial charge < -0.3 is 10.0 Å². The van der Waals surface area contributed by atoms with Crippen LogP contribution in [0, 0.1) is 17.0 Å². The number of hydrogen-bond acceptors (Lipinski definition) is 4. The number of nitro benzene ring substituents is 1. The van der Waals surface area contributed by atoms with E-state index in [4.69, 9.17) is 0 Å². The molecule has 6 heteroatoms. The maximum Gasteiger partial charge on any atom is 0.285 e. The van der Waals surface area contributed by atoms with E-state index in [-0.39, 0.29) is 17.2 Å². The molecule has 1 fully saturated rings. The topological polar surface area (TPSA) is 83.7 Å². The number of para-hydroxylation sites is 1. The molecule has 1 N–H and O–H groups in total. The standard InChI is InChI=1S/C14H18N2O4/c1-10-4-3-5-11(12(10)16(19)20)13(17)15-8-6-14(2,18)7-9-15/h3-5,18H,6-9H2,1-2H3. The first-order chi connectivity index (χ1) is 9.32. The minimum Gasteiger partial charge on any atom is -0.390 e. The van der Waals surface area contributed by atoms with E-state index in [0.29, 0.717) is 31.5 Å². The Bertz CT molecular complexity index is 544. The van der Waals surface area contributed by atoms with Gasteiger partial charge in [-0.1, -0.05) is 12.1 Å². The van der Waals surface area contributed by atoms with Crippen molar-refractivity contribution in [1.82, 2.24) is 4.90 Å². The molecule has 20 heavy (non-hydrogen) atoms. The molecule has 1 aliphatic rings. The second kappa shape index (κ2) is 5.20. The summed E-state index contributed by atoms with van der Waals surface area (Å²) in [5.41, 5.74) is -0.286. The first kappa shape index (κ1) is 14.5. The van der Waals surface area contributed by atoms with Crippen molar-refractivity contribution in [2.24, 2.45) is 0 Å². The van der Waals surface area contributed by atoms with Crippen LogP contribution in [0.5, 0.6) is 0 Å². The third-order valence-electron chi connectivity index (χ3n) is 3.78. The number of carbonyl (C=O) groups excluding carboxylic acids is 1. The average Bonchev–Trinajstić information content (AvgIpc) is 2.37. The summed E-state index contributed by atoms with van der Waals surface area (Å²) in [4.78, 5) is 24.6. The van der Waals surface area contributed by atoms with E-state index < -0.39 is 10.5 Å². The summed E-state index contributed by atoms with van der Waals surface area (Å²) in [7, 11) is 0. The Hall–Kier alpha value is -1.95. The fraction of sp³-hybridized carbons (Fsp3) is 0.500. The fourth-order valence-corrected chi connectivity index (χ4v) is 2.44. The Morgan fingerprint density at radius 2 is 2.00 bits per heavy atom. The van der Waals surface area contributed by atoms with Crippen LogP contribution in [0.15, 0.2) is 18.2 Å². The molecule has 108 valence electrons. The lowest BCUT2D eigenvalue weighted by atomic mass is 9.93. The van der Waals surface area contributed by atoms with E-state index in [0.717, 1.165) is 0 Å². The molecule has 6 nitrogen and oxygen atoms in total. The zero-order valence-electron chi connectivity index (χ0n) is 11.6. The van der Waals surface area contributed by atoms with Gasteiger partial charge in [-0.25, -0.2) is 0 Å². The SMILES string of the molecule is Cc1cccc(C(=O)N2CCC(C)(O)CC2)c1[N+](=O)[O-]. The summed E-state index contributed by atoms with van der Waals surface area (Å²) in [6.07, 6.45) is 0.969. The Morgan fingerprint density at radius 3 is 2.55 bits per heavy atom. The van der Waals surface area contributed by atoms with Crippen molar-refractivity contribution in [1.29, 1.82) is 0 Å². The van der Waals surface area contributed by atoms with Crippen LogP contribution in [-0.4, -0.2) is 39.5 Å². The highest BCUT2D eigenvalue weighted by Gasteiger charge is 2.32. The van der Waals surface area contributed by atoms with Crippen LogP contribution in [0.1, 0.15) is 35.7 Å². The Labute approximate surface area is 117 Å². The number of hydrogen-bond donors (Lipinski definition) is 1. The zero-order chi connectivity index (χ0) is 14.9. The second-order valence-corrected chi connectivity index (χ2v) is 5.52. The van der Waals surface area contributed by atoms with Crippen molar-refractivity contribution in [3.63, 3.8) is 0 Å².